The lowest BCUT2D eigenvalue weighted by atomic mass is 10.0. The van der Waals surface area contributed by atoms with E-state index >= 15 is 0 Å². The fraction of sp³-hybridized carbons (Fsp3) is 0.444. The van der Waals surface area contributed by atoms with Gasteiger partial charge in [-0.3, -0.25) is 14.4 Å². The van der Waals surface area contributed by atoms with Crippen LogP contribution in [0.15, 0.2) is 24.3 Å². The summed E-state index contributed by atoms with van der Waals surface area (Å²) in [6.07, 6.45) is 0. The van der Waals surface area contributed by atoms with Crippen molar-refractivity contribution in [3.05, 3.63) is 46.2 Å². The number of carbonyl (C=O) groups excluding carboxylic acids is 1. The molecule has 0 radical (unpaired) electrons. The van der Waals surface area contributed by atoms with Crippen LogP contribution < -0.4 is 10.6 Å². The highest BCUT2D eigenvalue weighted by Crippen LogP contribution is 2.28. The van der Waals surface area contributed by atoms with Crippen molar-refractivity contribution in [2.24, 2.45) is 7.05 Å². The molecule has 1 amide bonds. The summed E-state index contributed by atoms with van der Waals surface area (Å²) in [6, 6.07) is 7.92. The zero-order chi connectivity index (χ0) is 18.0. The Morgan fingerprint density at radius 3 is 2.67 bits per heavy atom. The monoisotopic (exact) mass is 433 g/mol. The molecule has 2 heterocycles. The average Bonchev–Trinajstić information content (AvgIpc) is 2.82. The maximum atomic E-state index is 12.6. The minimum Gasteiger partial charge on any atom is -0.322 e. The van der Waals surface area contributed by atoms with Crippen LogP contribution in [0.3, 0.4) is 0 Å². The summed E-state index contributed by atoms with van der Waals surface area (Å²) in [5.74, 6) is -0.0295. The highest BCUT2D eigenvalue weighted by atomic mass is 35.5. The molecule has 0 spiro atoms. The summed E-state index contributed by atoms with van der Waals surface area (Å²) < 4.78 is 1.78. The molecule has 3 rings (SSSR count). The molecule has 1 aliphatic heterocycles. The number of piperazine rings is 1. The first-order valence-corrected chi connectivity index (χ1v) is 8.84. The second-order valence-electron chi connectivity index (χ2n) is 6.43. The van der Waals surface area contributed by atoms with Crippen molar-refractivity contribution < 1.29 is 4.79 Å². The molecule has 0 aliphatic carbocycles. The van der Waals surface area contributed by atoms with Crippen molar-refractivity contribution in [1.82, 2.24) is 20.0 Å². The Labute approximate surface area is 177 Å². The molecule has 2 N–H and O–H groups in total. The SMILES string of the molecule is Cc1nn(C)c(C)c1NC(=O)CN1CCNCC1c1ccccc1Cl.Cl.Cl. The topological polar surface area (TPSA) is 62.2 Å². The van der Waals surface area contributed by atoms with E-state index in [1.165, 1.54) is 0 Å². The number of carbonyl (C=O) groups is 1. The molecule has 27 heavy (non-hydrogen) atoms. The van der Waals surface area contributed by atoms with E-state index < -0.39 is 0 Å². The zero-order valence-corrected chi connectivity index (χ0v) is 18.0. The molecule has 6 nitrogen and oxygen atoms in total. The predicted octanol–water partition coefficient (Wildman–Crippen LogP) is 3.12. The van der Waals surface area contributed by atoms with Crippen molar-refractivity contribution in [2.75, 3.05) is 31.5 Å². The van der Waals surface area contributed by atoms with Gasteiger partial charge in [-0.05, 0) is 25.5 Å². The molecule has 1 fully saturated rings. The van der Waals surface area contributed by atoms with Gasteiger partial charge >= 0.3 is 0 Å². The van der Waals surface area contributed by atoms with Crippen molar-refractivity contribution >= 4 is 48.0 Å². The number of halogens is 3. The number of anilines is 1. The first-order valence-electron chi connectivity index (χ1n) is 8.46. The van der Waals surface area contributed by atoms with Gasteiger partial charge in [0.15, 0.2) is 0 Å². The number of nitrogens with zero attached hydrogens (tertiary/aromatic N) is 3. The predicted molar refractivity (Wildman–Crippen MR) is 114 cm³/mol. The summed E-state index contributed by atoms with van der Waals surface area (Å²) in [7, 11) is 1.88. The third-order valence-corrected chi connectivity index (χ3v) is 5.08. The van der Waals surface area contributed by atoms with Crippen LogP contribution in [0.25, 0.3) is 0 Å². The van der Waals surface area contributed by atoms with Crippen molar-refractivity contribution in [3.63, 3.8) is 0 Å². The van der Waals surface area contributed by atoms with E-state index in [-0.39, 0.29) is 36.8 Å². The largest absolute Gasteiger partial charge is 0.322 e. The number of hydrogen-bond acceptors (Lipinski definition) is 4. The Balaban J connectivity index is 0.00000182. The van der Waals surface area contributed by atoms with Gasteiger partial charge in [0.1, 0.15) is 0 Å². The van der Waals surface area contributed by atoms with Gasteiger partial charge in [0.05, 0.1) is 23.6 Å². The molecule has 1 atom stereocenters. The van der Waals surface area contributed by atoms with E-state index in [9.17, 15) is 4.79 Å². The van der Waals surface area contributed by atoms with Gasteiger partial charge in [0, 0.05) is 37.7 Å². The first-order chi connectivity index (χ1) is 12.0. The maximum Gasteiger partial charge on any atom is 0.238 e. The standard InChI is InChI=1S/C18H24ClN5O.2ClH/c1-12-18(13(2)23(3)22-12)21-17(25)11-24-9-8-20-10-16(24)14-6-4-5-7-15(14)19;;/h4-7,16,20H,8-11H2,1-3H3,(H,21,25);2*1H. The lowest BCUT2D eigenvalue weighted by Gasteiger charge is -2.36. The summed E-state index contributed by atoms with van der Waals surface area (Å²) in [5.41, 5.74) is 3.64. The summed E-state index contributed by atoms with van der Waals surface area (Å²) >= 11 is 6.37. The molecule has 1 unspecified atom stereocenters. The van der Waals surface area contributed by atoms with Crippen LogP contribution in [0.2, 0.25) is 5.02 Å². The van der Waals surface area contributed by atoms with E-state index in [1.807, 2.05) is 45.2 Å². The lowest BCUT2D eigenvalue weighted by molar-refractivity contribution is -0.118. The van der Waals surface area contributed by atoms with Crippen LogP contribution in [-0.2, 0) is 11.8 Å². The van der Waals surface area contributed by atoms with Gasteiger partial charge in [0.25, 0.3) is 0 Å². The third kappa shape index (κ3) is 5.36. The van der Waals surface area contributed by atoms with Gasteiger partial charge in [-0.2, -0.15) is 5.10 Å². The fourth-order valence-corrected chi connectivity index (χ4v) is 3.57. The quantitative estimate of drug-likeness (QED) is 0.776. The Morgan fingerprint density at radius 1 is 1.33 bits per heavy atom. The molecule has 0 saturated carbocycles. The van der Waals surface area contributed by atoms with Gasteiger partial charge in [-0.25, -0.2) is 0 Å². The Morgan fingerprint density at radius 2 is 2.04 bits per heavy atom. The number of hydrogen-bond donors (Lipinski definition) is 2. The fourth-order valence-electron chi connectivity index (χ4n) is 3.31. The molecule has 150 valence electrons. The number of aryl methyl sites for hydroxylation is 2. The highest BCUT2D eigenvalue weighted by Gasteiger charge is 2.27. The Bertz CT molecular complexity index is 780. The van der Waals surface area contributed by atoms with Crippen LogP contribution in [-0.4, -0.2) is 46.8 Å². The molecule has 1 aromatic carbocycles. The van der Waals surface area contributed by atoms with Crippen LogP contribution >= 0.6 is 36.4 Å². The van der Waals surface area contributed by atoms with Crippen LogP contribution in [0.5, 0.6) is 0 Å². The minimum atomic E-state index is -0.0295. The summed E-state index contributed by atoms with van der Waals surface area (Å²) in [4.78, 5) is 14.8. The van der Waals surface area contributed by atoms with Gasteiger partial charge in [-0.1, -0.05) is 29.8 Å². The maximum absolute atomic E-state index is 12.6. The molecule has 1 aromatic heterocycles. The number of amides is 1. The zero-order valence-electron chi connectivity index (χ0n) is 15.7. The van der Waals surface area contributed by atoms with E-state index in [1.54, 1.807) is 4.68 Å². The third-order valence-electron chi connectivity index (χ3n) is 4.74. The van der Waals surface area contributed by atoms with E-state index in [0.717, 1.165) is 47.3 Å². The van der Waals surface area contributed by atoms with Gasteiger partial charge in [0.2, 0.25) is 5.91 Å². The second kappa shape index (κ2) is 10.3. The first kappa shape index (κ1) is 23.7. The van der Waals surface area contributed by atoms with Crippen LogP contribution in [0.1, 0.15) is 23.0 Å². The van der Waals surface area contributed by atoms with Crippen molar-refractivity contribution in [2.45, 2.75) is 19.9 Å². The minimum absolute atomic E-state index is 0. The average molecular weight is 435 g/mol. The van der Waals surface area contributed by atoms with E-state index in [4.69, 9.17) is 11.6 Å². The van der Waals surface area contributed by atoms with Gasteiger partial charge < -0.3 is 10.6 Å². The van der Waals surface area contributed by atoms with Crippen LogP contribution in [0.4, 0.5) is 5.69 Å². The van der Waals surface area contributed by atoms with Crippen molar-refractivity contribution in [3.8, 4) is 0 Å². The molecule has 9 heteroatoms. The molecule has 0 bridgehead atoms. The summed E-state index contributed by atoms with van der Waals surface area (Å²) in [5, 5.41) is 11.5. The Kier molecular flexibility index (Phi) is 9.05. The number of rotatable bonds is 4. The number of benzene rings is 1. The van der Waals surface area contributed by atoms with Crippen LogP contribution in [0, 0.1) is 13.8 Å². The second-order valence-corrected chi connectivity index (χ2v) is 6.84. The normalized spacial score (nSPS) is 17.0. The lowest BCUT2D eigenvalue weighted by Crippen LogP contribution is -2.48. The molecule has 1 aliphatic rings. The molecular formula is C18H26Cl3N5O. The van der Waals surface area contributed by atoms with Gasteiger partial charge in [-0.15, -0.1) is 24.8 Å². The smallest absolute Gasteiger partial charge is 0.238 e. The summed E-state index contributed by atoms with van der Waals surface area (Å²) in [6.45, 7) is 6.62. The van der Waals surface area contributed by atoms with E-state index in [2.05, 4.69) is 20.6 Å². The molecular weight excluding hydrogens is 409 g/mol. The number of nitrogens with one attached hydrogen (secondary N) is 2. The number of aromatic nitrogens is 2. The Hall–Kier alpha value is -1.31. The molecule has 1 saturated heterocycles. The highest BCUT2D eigenvalue weighted by molar-refractivity contribution is 6.31. The molecule has 2 aromatic rings. The van der Waals surface area contributed by atoms with E-state index in [0.29, 0.717) is 6.54 Å². The van der Waals surface area contributed by atoms with Crippen molar-refractivity contribution in [1.29, 1.82) is 0 Å².